The number of halogens is 2. The van der Waals surface area contributed by atoms with E-state index >= 15 is 0 Å². The van der Waals surface area contributed by atoms with Crippen LogP contribution in [0.3, 0.4) is 0 Å². The SMILES string of the molecule is CNc1nc(Nc2ccc(F)cc2)ncc1C#CCCCNC(=O)CC[C@@H](F)CNC(=O)/C=C/CN(C)C. The Morgan fingerprint density at radius 2 is 1.95 bits per heavy atom. The fourth-order valence-corrected chi connectivity index (χ4v) is 3.07. The van der Waals surface area contributed by atoms with Gasteiger partial charge < -0.3 is 26.2 Å². The van der Waals surface area contributed by atoms with E-state index in [0.717, 1.165) is 0 Å². The summed E-state index contributed by atoms with van der Waals surface area (Å²) in [6.07, 6.45) is 4.61. The number of hydrogen-bond donors (Lipinski definition) is 4. The Labute approximate surface area is 222 Å². The van der Waals surface area contributed by atoms with Gasteiger partial charge in [0.15, 0.2) is 0 Å². The largest absolute Gasteiger partial charge is 0.372 e. The van der Waals surface area contributed by atoms with Gasteiger partial charge in [-0.15, -0.1) is 0 Å². The number of nitrogens with zero attached hydrogens (tertiary/aromatic N) is 3. The van der Waals surface area contributed by atoms with E-state index in [2.05, 4.69) is 43.1 Å². The first kappa shape index (κ1) is 30.2. The molecule has 1 aromatic heterocycles. The first-order valence-corrected chi connectivity index (χ1v) is 12.3. The summed E-state index contributed by atoms with van der Waals surface area (Å²) in [5.41, 5.74) is 1.28. The van der Waals surface area contributed by atoms with Gasteiger partial charge in [0.25, 0.3) is 0 Å². The molecule has 0 spiro atoms. The minimum atomic E-state index is -1.29. The second kappa shape index (κ2) is 16.7. The molecule has 1 heterocycles. The molecule has 1 aromatic carbocycles. The highest BCUT2D eigenvalue weighted by atomic mass is 19.1. The number of unbranched alkanes of at least 4 members (excludes halogenated alkanes) is 1. The molecule has 1 atom stereocenters. The van der Waals surface area contributed by atoms with E-state index in [1.54, 1.807) is 31.5 Å². The third-order valence-corrected chi connectivity index (χ3v) is 5.07. The third kappa shape index (κ3) is 12.3. The lowest BCUT2D eigenvalue weighted by atomic mass is 10.2. The van der Waals surface area contributed by atoms with Gasteiger partial charge in [0.05, 0.1) is 11.8 Å². The number of aromatic nitrogens is 2. The van der Waals surface area contributed by atoms with Crippen molar-refractivity contribution in [3.63, 3.8) is 0 Å². The molecule has 204 valence electrons. The summed E-state index contributed by atoms with van der Waals surface area (Å²) in [6, 6.07) is 5.87. The molecule has 0 unspecified atom stereocenters. The van der Waals surface area contributed by atoms with Crippen LogP contribution in [-0.2, 0) is 9.59 Å². The number of anilines is 3. The third-order valence-electron chi connectivity index (χ3n) is 5.07. The van der Waals surface area contributed by atoms with Crippen molar-refractivity contribution in [1.29, 1.82) is 0 Å². The van der Waals surface area contributed by atoms with Crippen LogP contribution < -0.4 is 21.3 Å². The molecule has 0 saturated carbocycles. The molecule has 2 aromatic rings. The fraction of sp³-hybridized carbons (Fsp3) is 0.407. The van der Waals surface area contributed by atoms with Crippen molar-refractivity contribution in [3.8, 4) is 11.8 Å². The van der Waals surface area contributed by atoms with Crippen molar-refractivity contribution in [2.45, 2.75) is 31.9 Å². The molecule has 11 heteroatoms. The lowest BCUT2D eigenvalue weighted by Gasteiger charge is -2.09. The minimum absolute atomic E-state index is 0.0339. The lowest BCUT2D eigenvalue weighted by molar-refractivity contribution is -0.121. The molecule has 4 N–H and O–H groups in total. The minimum Gasteiger partial charge on any atom is -0.372 e. The lowest BCUT2D eigenvalue weighted by Crippen LogP contribution is -2.30. The van der Waals surface area contributed by atoms with Crippen LogP contribution in [0.25, 0.3) is 0 Å². The van der Waals surface area contributed by atoms with E-state index in [1.165, 1.54) is 18.2 Å². The number of likely N-dealkylation sites (N-methyl/N-ethyl adjacent to an activating group) is 1. The Kier molecular flexibility index (Phi) is 13.2. The second-order valence-corrected chi connectivity index (χ2v) is 8.64. The van der Waals surface area contributed by atoms with Crippen molar-refractivity contribution >= 4 is 29.3 Å². The van der Waals surface area contributed by atoms with Crippen LogP contribution in [0.1, 0.15) is 31.2 Å². The Morgan fingerprint density at radius 1 is 1.18 bits per heavy atom. The molecule has 0 radical (unpaired) electrons. The predicted octanol–water partition coefficient (Wildman–Crippen LogP) is 3.00. The average Bonchev–Trinajstić information content (AvgIpc) is 2.89. The summed E-state index contributed by atoms with van der Waals surface area (Å²) in [7, 11) is 5.49. The van der Waals surface area contributed by atoms with E-state index < -0.39 is 6.17 Å². The summed E-state index contributed by atoms with van der Waals surface area (Å²) in [5.74, 6) is 6.02. The van der Waals surface area contributed by atoms with Crippen LogP contribution in [0.15, 0.2) is 42.6 Å². The molecule has 38 heavy (non-hydrogen) atoms. The number of alkyl halides is 1. The van der Waals surface area contributed by atoms with E-state index in [9.17, 15) is 18.4 Å². The normalized spacial score (nSPS) is 11.5. The van der Waals surface area contributed by atoms with Gasteiger partial charge in [-0.05, 0) is 51.2 Å². The van der Waals surface area contributed by atoms with E-state index in [0.29, 0.717) is 48.9 Å². The Hall–Kier alpha value is -4.04. The summed E-state index contributed by atoms with van der Waals surface area (Å²) in [5, 5.41) is 11.2. The maximum Gasteiger partial charge on any atom is 0.243 e. The number of amides is 2. The van der Waals surface area contributed by atoms with Gasteiger partial charge in [-0.25, -0.2) is 13.8 Å². The van der Waals surface area contributed by atoms with Gasteiger partial charge in [0.2, 0.25) is 17.8 Å². The smallest absolute Gasteiger partial charge is 0.243 e. The number of benzene rings is 1. The van der Waals surface area contributed by atoms with Gasteiger partial charge in [-0.3, -0.25) is 9.59 Å². The molecule has 2 amide bonds. The van der Waals surface area contributed by atoms with E-state index in [1.807, 2.05) is 19.0 Å². The predicted molar refractivity (Wildman–Crippen MR) is 145 cm³/mol. The van der Waals surface area contributed by atoms with Crippen LogP contribution in [0.4, 0.5) is 26.2 Å². The molecule has 2 rings (SSSR count). The van der Waals surface area contributed by atoms with Gasteiger partial charge in [0, 0.05) is 51.3 Å². The standard InChI is InChI=1S/C27H35F2N7O2/c1-30-26-20(18-33-27(35-26)34-23-13-10-21(28)11-14-23)8-5-4-6-16-31-25(38)15-12-22(29)19-32-24(37)9-7-17-36(2)3/h7,9-11,13-14,18,22H,4,6,12,15-17,19H2,1-3H3,(H,31,38)(H,32,37)(H2,30,33,34,35)/b9-7+/t22-/m1/s1. The first-order valence-electron chi connectivity index (χ1n) is 12.3. The highest BCUT2D eigenvalue weighted by molar-refractivity contribution is 5.87. The monoisotopic (exact) mass is 527 g/mol. The summed E-state index contributed by atoms with van der Waals surface area (Å²) in [6.45, 7) is 0.915. The maximum absolute atomic E-state index is 14.0. The van der Waals surface area contributed by atoms with Crippen molar-refractivity contribution < 1.29 is 18.4 Å². The molecule has 0 saturated heterocycles. The van der Waals surface area contributed by atoms with Gasteiger partial charge in [0.1, 0.15) is 17.8 Å². The van der Waals surface area contributed by atoms with Gasteiger partial charge in [-0.1, -0.05) is 17.9 Å². The van der Waals surface area contributed by atoms with Crippen molar-refractivity contribution in [2.75, 3.05) is 51.4 Å². The Balaban J connectivity index is 1.65. The highest BCUT2D eigenvalue weighted by Gasteiger charge is 2.11. The van der Waals surface area contributed by atoms with Crippen LogP contribution >= 0.6 is 0 Å². The topological polar surface area (TPSA) is 111 Å². The Bertz CT molecular complexity index is 1130. The van der Waals surface area contributed by atoms with Crippen LogP contribution in [-0.4, -0.2) is 73.6 Å². The molecular formula is C27H35F2N7O2. The van der Waals surface area contributed by atoms with E-state index in [4.69, 9.17) is 0 Å². The van der Waals surface area contributed by atoms with E-state index in [-0.39, 0.29) is 37.0 Å². The number of hydrogen-bond acceptors (Lipinski definition) is 7. The highest BCUT2D eigenvalue weighted by Crippen LogP contribution is 2.17. The quantitative estimate of drug-likeness (QED) is 0.170. The summed E-state index contributed by atoms with van der Waals surface area (Å²) < 4.78 is 27.0. The molecule has 9 nitrogen and oxygen atoms in total. The Morgan fingerprint density at radius 3 is 2.66 bits per heavy atom. The van der Waals surface area contributed by atoms with Crippen LogP contribution in [0.2, 0.25) is 0 Å². The zero-order valence-electron chi connectivity index (χ0n) is 22.0. The molecule has 0 aliphatic heterocycles. The molecule has 0 fully saturated rings. The maximum atomic E-state index is 14.0. The number of nitrogens with one attached hydrogen (secondary N) is 4. The summed E-state index contributed by atoms with van der Waals surface area (Å²) >= 11 is 0. The molecule has 0 aliphatic carbocycles. The number of rotatable bonds is 14. The number of carbonyl (C=O) groups excluding carboxylic acids is 2. The fourth-order valence-electron chi connectivity index (χ4n) is 3.07. The van der Waals surface area contributed by atoms with Crippen molar-refractivity contribution in [1.82, 2.24) is 25.5 Å². The molecule has 0 aliphatic rings. The average molecular weight is 528 g/mol. The zero-order valence-corrected chi connectivity index (χ0v) is 22.0. The zero-order chi connectivity index (χ0) is 27.8. The van der Waals surface area contributed by atoms with Crippen LogP contribution in [0.5, 0.6) is 0 Å². The van der Waals surface area contributed by atoms with Gasteiger partial charge in [-0.2, -0.15) is 4.98 Å². The van der Waals surface area contributed by atoms with Crippen molar-refractivity contribution in [2.24, 2.45) is 0 Å². The summed E-state index contributed by atoms with van der Waals surface area (Å²) in [4.78, 5) is 34.1. The molecular weight excluding hydrogens is 492 g/mol. The van der Waals surface area contributed by atoms with Crippen molar-refractivity contribution in [3.05, 3.63) is 54.0 Å². The molecule has 0 bridgehead atoms. The second-order valence-electron chi connectivity index (χ2n) is 8.64. The number of carbonyl (C=O) groups is 2. The first-order chi connectivity index (χ1) is 18.3. The van der Waals surface area contributed by atoms with Crippen LogP contribution in [0, 0.1) is 17.7 Å². The van der Waals surface area contributed by atoms with Gasteiger partial charge >= 0.3 is 0 Å².